The zero-order valence-corrected chi connectivity index (χ0v) is 19.0. The van der Waals surface area contributed by atoms with Gasteiger partial charge in [0.05, 0.1) is 6.54 Å². The van der Waals surface area contributed by atoms with Crippen molar-refractivity contribution in [3.63, 3.8) is 0 Å². The van der Waals surface area contributed by atoms with Crippen LogP contribution in [0.25, 0.3) is 0 Å². The summed E-state index contributed by atoms with van der Waals surface area (Å²) >= 11 is 0. The Bertz CT molecular complexity index is 807. The second-order valence-electron chi connectivity index (χ2n) is 6.61. The summed E-state index contributed by atoms with van der Waals surface area (Å²) in [6, 6.07) is 9.84. The van der Waals surface area contributed by atoms with E-state index < -0.39 is 0 Å². The predicted molar refractivity (Wildman–Crippen MR) is 127 cm³/mol. The third-order valence-electron chi connectivity index (χ3n) is 4.68. The van der Waals surface area contributed by atoms with Crippen molar-refractivity contribution in [1.82, 2.24) is 14.9 Å². The number of nitrogens with zero attached hydrogens (tertiary/aromatic N) is 5. The number of guanidine groups is 1. The average molecular weight is 509 g/mol. The highest BCUT2D eigenvalue weighted by Crippen LogP contribution is 2.12. The number of amides is 1. The molecule has 0 spiro atoms. The van der Waals surface area contributed by atoms with Crippen LogP contribution in [0.15, 0.2) is 47.7 Å². The molecule has 1 amide bonds. The van der Waals surface area contributed by atoms with E-state index in [0.29, 0.717) is 38.0 Å². The highest BCUT2D eigenvalue weighted by molar-refractivity contribution is 14.0. The summed E-state index contributed by atoms with van der Waals surface area (Å²) in [7, 11) is 0. The molecule has 1 fully saturated rings. The molecule has 8 nitrogen and oxygen atoms in total. The summed E-state index contributed by atoms with van der Waals surface area (Å²) in [5.41, 5.74) is 8.08. The number of carbonyl (C=O) groups excluding carboxylic acids is 1. The molecular formula is C20H28IN7O. The number of aromatic nitrogens is 2. The van der Waals surface area contributed by atoms with Gasteiger partial charge in [0.1, 0.15) is 0 Å². The molecule has 0 radical (unpaired) electrons. The Labute approximate surface area is 188 Å². The van der Waals surface area contributed by atoms with Crippen molar-refractivity contribution in [2.24, 2.45) is 10.7 Å². The van der Waals surface area contributed by atoms with Gasteiger partial charge in [-0.05, 0) is 30.2 Å². The lowest BCUT2D eigenvalue weighted by atomic mass is 10.1. The van der Waals surface area contributed by atoms with Gasteiger partial charge in [-0.2, -0.15) is 0 Å². The molecule has 29 heavy (non-hydrogen) atoms. The molecule has 3 N–H and O–H groups in total. The van der Waals surface area contributed by atoms with Crippen LogP contribution in [-0.2, 0) is 11.2 Å². The minimum atomic E-state index is 0. The van der Waals surface area contributed by atoms with E-state index in [2.05, 4.69) is 38.2 Å². The summed E-state index contributed by atoms with van der Waals surface area (Å²) < 4.78 is 0. The van der Waals surface area contributed by atoms with Crippen molar-refractivity contribution in [3.8, 4) is 0 Å². The van der Waals surface area contributed by atoms with Gasteiger partial charge in [-0.1, -0.05) is 19.1 Å². The largest absolute Gasteiger partial charge is 0.370 e. The van der Waals surface area contributed by atoms with Crippen LogP contribution in [0.5, 0.6) is 0 Å². The van der Waals surface area contributed by atoms with Crippen molar-refractivity contribution < 1.29 is 4.79 Å². The molecule has 156 valence electrons. The number of nitrogens with one attached hydrogen (secondary N) is 1. The number of aryl methyl sites for hydroxylation is 1. The molecular weight excluding hydrogens is 481 g/mol. The highest BCUT2D eigenvalue weighted by Gasteiger charge is 2.21. The van der Waals surface area contributed by atoms with Crippen molar-refractivity contribution in [1.29, 1.82) is 0 Å². The molecule has 2 heterocycles. The molecule has 9 heteroatoms. The van der Waals surface area contributed by atoms with E-state index in [4.69, 9.17) is 5.73 Å². The molecule has 0 aliphatic carbocycles. The number of rotatable bonds is 6. The van der Waals surface area contributed by atoms with Gasteiger partial charge < -0.3 is 20.9 Å². The van der Waals surface area contributed by atoms with E-state index in [1.54, 1.807) is 18.5 Å². The topological polar surface area (TPSA) is 99.7 Å². The molecule has 1 saturated heterocycles. The van der Waals surface area contributed by atoms with Crippen LogP contribution in [0.1, 0.15) is 18.9 Å². The molecule has 1 aliphatic rings. The lowest BCUT2D eigenvalue weighted by Gasteiger charge is -2.34. The lowest BCUT2D eigenvalue weighted by molar-refractivity contribution is -0.131. The number of anilines is 2. The number of carbonyl (C=O) groups is 1. The Hall–Kier alpha value is -2.43. The zero-order valence-electron chi connectivity index (χ0n) is 16.6. The maximum Gasteiger partial charge on any atom is 0.225 e. The first-order valence-electron chi connectivity index (χ1n) is 9.61. The van der Waals surface area contributed by atoms with Crippen LogP contribution in [0, 0.1) is 0 Å². The van der Waals surface area contributed by atoms with Crippen molar-refractivity contribution in [2.45, 2.75) is 19.8 Å². The number of nitrogens with two attached hydrogens (primary N) is 1. The van der Waals surface area contributed by atoms with Crippen LogP contribution in [0.2, 0.25) is 0 Å². The van der Waals surface area contributed by atoms with Crippen molar-refractivity contribution >= 4 is 47.5 Å². The van der Waals surface area contributed by atoms with E-state index in [-0.39, 0.29) is 29.9 Å². The third-order valence-corrected chi connectivity index (χ3v) is 4.68. The smallest absolute Gasteiger partial charge is 0.225 e. The van der Waals surface area contributed by atoms with Gasteiger partial charge in [0, 0.05) is 50.7 Å². The van der Waals surface area contributed by atoms with E-state index >= 15 is 0 Å². The fraction of sp³-hybridized carbons (Fsp3) is 0.400. The normalized spacial score (nSPS) is 14.3. The number of halogens is 1. The van der Waals surface area contributed by atoms with E-state index in [0.717, 1.165) is 25.2 Å². The number of hydrogen-bond donors (Lipinski definition) is 2. The monoisotopic (exact) mass is 509 g/mol. The first kappa shape index (κ1) is 22.9. The van der Waals surface area contributed by atoms with Gasteiger partial charge in [0.15, 0.2) is 5.96 Å². The maximum absolute atomic E-state index is 12.4. The summed E-state index contributed by atoms with van der Waals surface area (Å²) in [5, 5.41) is 3.08. The van der Waals surface area contributed by atoms with E-state index in [9.17, 15) is 4.79 Å². The quantitative estimate of drug-likeness (QED) is 0.352. The number of hydrogen-bond acceptors (Lipinski definition) is 5. The standard InChI is InChI=1S/C20H27N7O.HI/c1-2-16-5-3-6-17(15-16)25-19(21)22-10-7-18(28)26-11-13-27(14-12-26)20-23-8-4-9-24-20;/h3-6,8-9,15H,2,7,10-14H2,1H3,(H3,21,22,25);1H. The minimum Gasteiger partial charge on any atom is -0.370 e. The van der Waals surface area contributed by atoms with Crippen LogP contribution in [0.3, 0.4) is 0 Å². The summed E-state index contributed by atoms with van der Waals surface area (Å²) in [5.74, 6) is 1.13. The maximum atomic E-state index is 12.4. The van der Waals surface area contributed by atoms with Gasteiger partial charge in [0.2, 0.25) is 11.9 Å². The molecule has 3 rings (SSSR count). The Morgan fingerprint density at radius 3 is 2.59 bits per heavy atom. The predicted octanol–water partition coefficient (Wildman–Crippen LogP) is 2.12. The summed E-state index contributed by atoms with van der Waals surface area (Å²) in [6.07, 6.45) is 4.77. The minimum absolute atomic E-state index is 0. The van der Waals surface area contributed by atoms with Gasteiger partial charge in [-0.15, -0.1) is 24.0 Å². The Morgan fingerprint density at radius 1 is 1.17 bits per heavy atom. The van der Waals surface area contributed by atoms with Crippen LogP contribution < -0.4 is 16.0 Å². The highest BCUT2D eigenvalue weighted by atomic mass is 127. The number of aliphatic imine (C=N–C) groups is 1. The van der Waals surface area contributed by atoms with Crippen LogP contribution in [0.4, 0.5) is 11.6 Å². The molecule has 0 unspecified atom stereocenters. The molecule has 1 aromatic carbocycles. The van der Waals surface area contributed by atoms with E-state index in [1.165, 1.54) is 5.56 Å². The van der Waals surface area contributed by atoms with Crippen LogP contribution in [-0.4, -0.2) is 59.5 Å². The molecule has 0 saturated carbocycles. The van der Waals surface area contributed by atoms with Gasteiger partial charge in [-0.3, -0.25) is 9.79 Å². The van der Waals surface area contributed by atoms with Crippen molar-refractivity contribution in [3.05, 3.63) is 48.3 Å². The summed E-state index contributed by atoms with van der Waals surface area (Å²) in [4.78, 5) is 29.2. The molecule has 0 atom stereocenters. The Kier molecular flexibility index (Phi) is 9.10. The fourth-order valence-corrected chi connectivity index (χ4v) is 3.10. The lowest BCUT2D eigenvalue weighted by Crippen LogP contribution is -2.49. The fourth-order valence-electron chi connectivity index (χ4n) is 3.10. The van der Waals surface area contributed by atoms with Gasteiger partial charge >= 0.3 is 0 Å². The molecule has 1 aliphatic heterocycles. The van der Waals surface area contributed by atoms with Gasteiger partial charge in [-0.25, -0.2) is 9.97 Å². The SMILES string of the molecule is CCc1cccc(NC(N)=NCCC(=O)N2CCN(c3ncccn3)CC2)c1.I. The number of benzene rings is 1. The second kappa shape index (κ2) is 11.5. The van der Waals surface area contributed by atoms with Crippen molar-refractivity contribution in [2.75, 3.05) is 42.9 Å². The zero-order chi connectivity index (χ0) is 19.8. The van der Waals surface area contributed by atoms with Gasteiger partial charge in [0.25, 0.3) is 0 Å². The third kappa shape index (κ3) is 6.84. The first-order chi connectivity index (χ1) is 13.7. The molecule has 0 bridgehead atoms. The summed E-state index contributed by atoms with van der Waals surface area (Å²) in [6.45, 7) is 5.27. The molecule has 1 aromatic heterocycles. The molecule has 2 aromatic rings. The Morgan fingerprint density at radius 2 is 1.90 bits per heavy atom. The average Bonchev–Trinajstić information content (AvgIpc) is 2.74. The Balaban J connectivity index is 0.00000300. The van der Waals surface area contributed by atoms with Crippen LogP contribution >= 0.6 is 24.0 Å². The van der Waals surface area contributed by atoms with E-state index in [1.807, 2.05) is 23.1 Å². The second-order valence-corrected chi connectivity index (χ2v) is 6.61. The number of piperazine rings is 1. The first-order valence-corrected chi connectivity index (χ1v) is 9.61.